The molecule has 1 atom stereocenters. The Kier molecular flexibility index (Phi) is 5.88. The number of rotatable bonds is 4. The molecule has 146 valence electrons. The van der Waals surface area contributed by atoms with Gasteiger partial charge in [0.05, 0.1) is 0 Å². The van der Waals surface area contributed by atoms with Gasteiger partial charge in [-0.15, -0.1) is 0 Å². The Morgan fingerprint density at radius 2 is 1.61 bits per heavy atom. The van der Waals surface area contributed by atoms with Crippen molar-refractivity contribution in [3.8, 4) is 0 Å². The summed E-state index contributed by atoms with van der Waals surface area (Å²) < 4.78 is 13.3. The monoisotopic (exact) mass is 384 g/mol. The quantitative estimate of drug-likeness (QED) is 0.754. The molecule has 1 saturated heterocycles. The number of benzene rings is 2. The fraction of sp³-hybridized carbons (Fsp3) is 0.250. The summed E-state index contributed by atoms with van der Waals surface area (Å²) in [6.07, 6.45) is 1.23. The molecule has 0 spiro atoms. The van der Waals surface area contributed by atoms with Crippen LogP contribution in [0.3, 0.4) is 0 Å². The zero-order valence-corrected chi connectivity index (χ0v) is 15.4. The molecule has 3 N–H and O–H groups in total. The van der Waals surface area contributed by atoms with Crippen LogP contribution in [0.5, 0.6) is 0 Å². The van der Waals surface area contributed by atoms with Crippen molar-refractivity contribution >= 4 is 34.9 Å². The van der Waals surface area contributed by atoms with Crippen LogP contribution in [-0.2, 0) is 9.59 Å². The third kappa shape index (κ3) is 4.85. The normalized spacial score (nSPS) is 15.8. The predicted octanol–water partition coefficient (Wildman–Crippen LogP) is 3.42. The van der Waals surface area contributed by atoms with Gasteiger partial charge in [0.1, 0.15) is 11.9 Å². The average Bonchev–Trinajstić information content (AvgIpc) is 3.11. The first-order valence-electron chi connectivity index (χ1n) is 8.94. The van der Waals surface area contributed by atoms with Crippen molar-refractivity contribution in [3.05, 3.63) is 54.3 Å². The summed E-state index contributed by atoms with van der Waals surface area (Å²) in [5.74, 6) is -0.973. The van der Waals surface area contributed by atoms with Crippen molar-refractivity contribution in [1.29, 1.82) is 0 Å². The number of anilines is 3. The molecule has 2 aromatic carbocycles. The van der Waals surface area contributed by atoms with Gasteiger partial charge in [-0.3, -0.25) is 9.59 Å². The summed E-state index contributed by atoms with van der Waals surface area (Å²) in [6.45, 7) is 1.84. The number of nitrogens with one attached hydrogen (secondary N) is 3. The van der Waals surface area contributed by atoms with Gasteiger partial charge in [-0.2, -0.15) is 0 Å². The lowest BCUT2D eigenvalue weighted by atomic mass is 10.2. The van der Waals surface area contributed by atoms with Crippen LogP contribution < -0.4 is 16.0 Å². The number of amides is 4. The molecule has 1 fully saturated rings. The van der Waals surface area contributed by atoms with E-state index in [4.69, 9.17) is 0 Å². The average molecular weight is 384 g/mol. The highest BCUT2D eigenvalue weighted by Crippen LogP contribution is 2.22. The van der Waals surface area contributed by atoms with E-state index in [9.17, 15) is 18.8 Å². The fourth-order valence-corrected chi connectivity index (χ4v) is 3.15. The van der Waals surface area contributed by atoms with E-state index in [1.165, 1.54) is 30.0 Å². The highest BCUT2D eigenvalue weighted by atomic mass is 19.1. The first-order valence-corrected chi connectivity index (χ1v) is 8.94. The van der Waals surface area contributed by atoms with Gasteiger partial charge in [-0.05, 0) is 49.2 Å². The molecule has 0 aliphatic carbocycles. The Morgan fingerprint density at radius 3 is 2.29 bits per heavy atom. The first kappa shape index (κ1) is 19.3. The van der Waals surface area contributed by atoms with Gasteiger partial charge in [-0.1, -0.05) is 12.1 Å². The molecule has 4 amide bonds. The Balaban J connectivity index is 1.66. The molecule has 0 radical (unpaired) electrons. The first-order chi connectivity index (χ1) is 13.4. The van der Waals surface area contributed by atoms with Crippen LogP contribution in [0.4, 0.5) is 26.2 Å². The van der Waals surface area contributed by atoms with Crippen molar-refractivity contribution in [2.75, 3.05) is 22.5 Å². The highest BCUT2D eigenvalue weighted by Gasteiger charge is 2.34. The largest absolute Gasteiger partial charge is 0.326 e. The molecule has 0 bridgehead atoms. The van der Waals surface area contributed by atoms with Gasteiger partial charge >= 0.3 is 6.03 Å². The molecule has 8 heteroatoms. The smallest absolute Gasteiger partial charge is 0.322 e. The SMILES string of the molecule is CC(=O)Nc1cccc(NC(=O)[C@@H]2CCCN2C(=O)Nc2cccc(F)c2)c1. The molecule has 28 heavy (non-hydrogen) atoms. The topological polar surface area (TPSA) is 90.5 Å². The van der Waals surface area contributed by atoms with Crippen LogP contribution in [0.25, 0.3) is 0 Å². The maximum atomic E-state index is 13.3. The summed E-state index contributed by atoms with van der Waals surface area (Å²) in [5.41, 5.74) is 1.42. The Labute approximate surface area is 161 Å². The van der Waals surface area contributed by atoms with Crippen LogP contribution in [-0.4, -0.2) is 35.3 Å². The highest BCUT2D eigenvalue weighted by molar-refractivity contribution is 6.00. The maximum Gasteiger partial charge on any atom is 0.322 e. The standard InChI is InChI=1S/C20H21FN4O3/c1-13(26)22-16-7-3-8-17(12-16)23-19(27)18-9-4-10-25(18)20(28)24-15-6-2-5-14(21)11-15/h2-3,5-8,11-12,18H,4,9-10H2,1H3,(H,22,26)(H,23,27)(H,24,28)/t18-/m0/s1. The summed E-state index contributed by atoms with van der Waals surface area (Å²) in [6, 6.07) is 11.3. The van der Waals surface area contributed by atoms with Crippen LogP contribution in [0.15, 0.2) is 48.5 Å². The molecule has 1 heterocycles. The molecule has 0 aromatic heterocycles. The Morgan fingerprint density at radius 1 is 0.964 bits per heavy atom. The van der Waals surface area contributed by atoms with Crippen LogP contribution >= 0.6 is 0 Å². The van der Waals surface area contributed by atoms with E-state index >= 15 is 0 Å². The third-order valence-corrected chi connectivity index (χ3v) is 4.34. The number of hydrogen-bond acceptors (Lipinski definition) is 3. The van der Waals surface area contributed by atoms with E-state index in [0.29, 0.717) is 36.4 Å². The van der Waals surface area contributed by atoms with E-state index in [0.717, 1.165) is 0 Å². The number of nitrogens with zero attached hydrogens (tertiary/aromatic N) is 1. The van der Waals surface area contributed by atoms with Gasteiger partial charge in [0, 0.05) is 30.5 Å². The minimum absolute atomic E-state index is 0.209. The molecule has 3 rings (SSSR count). The summed E-state index contributed by atoms with van der Waals surface area (Å²) in [5, 5.41) is 8.06. The van der Waals surface area contributed by atoms with Crippen molar-refractivity contribution in [2.45, 2.75) is 25.8 Å². The third-order valence-electron chi connectivity index (χ3n) is 4.34. The number of likely N-dealkylation sites (tertiary alicyclic amines) is 1. The van der Waals surface area contributed by atoms with E-state index < -0.39 is 17.9 Å². The lowest BCUT2D eigenvalue weighted by molar-refractivity contribution is -0.119. The molecule has 2 aromatic rings. The molecule has 1 aliphatic rings. The lowest BCUT2D eigenvalue weighted by Gasteiger charge is -2.24. The Hall–Kier alpha value is -3.42. The zero-order chi connectivity index (χ0) is 20.1. The number of hydrogen-bond donors (Lipinski definition) is 3. The summed E-state index contributed by atoms with van der Waals surface area (Å²) in [7, 11) is 0. The number of urea groups is 1. The van der Waals surface area contributed by atoms with Crippen LogP contribution in [0, 0.1) is 5.82 Å². The molecular weight excluding hydrogens is 363 g/mol. The lowest BCUT2D eigenvalue weighted by Crippen LogP contribution is -2.45. The Bertz CT molecular complexity index is 903. The minimum atomic E-state index is -0.627. The zero-order valence-electron chi connectivity index (χ0n) is 15.4. The number of halogens is 1. The van der Waals surface area contributed by atoms with Crippen molar-refractivity contribution in [1.82, 2.24) is 4.90 Å². The van der Waals surface area contributed by atoms with Crippen LogP contribution in [0.2, 0.25) is 0 Å². The van der Waals surface area contributed by atoms with E-state index in [-0.39, 0.29) is 11.8 Å². The van der Waals surface area contributed by atoms with Gasteiger partial charge in [0.25, 0.3) is 0 Å². The van der Waals surface area contributed by atoms with Gasteiger partial charge in [0.15, 0.2) is 0 Å². The predicted molar refractivity (Wildman–Crippen MR) is 105 cm³/mol. The van der Waals surface area contributed by atoms with Crippen molar-refractivity contribution < 1.29 is 18.8 Å². The molecule has 1 aliphatic heterocycles. The van der Waals surface area contributed by atoms with Gasteiger partial charge < -0.3 is 20.9 Å². The number of carbonyl (C=O) groups is 3. The molecule has 7 nitrogen and oxygen atoms in total. The minimum Gasteiger partial charge on any atom is -0.326 e. The van der Waals surface area contributed by atoms with Gasteiger partial charge in [-0.25, -0.2) is 9.18 Å². The second-order valence-electron chi connectivity index (χ2n) is 6.54. The molecular formula is C20H21FN4O3. The fourth-order valence-electron chi connectivity index (χ4n) is 3.15. The van der Waals surface area contributed by atoms with Crippen molar-refractivity contribution in [3.63, 3.8) is 0 Å². The van der Waals surface area contributed by atoms with E-state index in [1.807, 2.05) is 0 Å². The van der Waals surface area contributed by atoms with E-state index in [1.54, 1.807) is 30.3 Å². The summed E-state index contributed by atoms with van der Waals surface area (Å²) >= 11 is 0. The number of carbonyl (C=O) groups excluding carboxylic acids is 3. The second-order valence-corrected chi connectivity index (χ2v) is 6.54. The van der Waals surface area contributed by atoms with Gasteiger partial charge in [0.2, 0.25) is 11.8 Å². The van der Waals surface area contributed by atoms with Crippen molar-refractivity contribution in [2.24, 2.45) is 0 Å². The summed E-state index contributed by atoms with van der Waals surface area (Å²) in [4.78, 5) is 37.8. The second kappa shape index (κ2) is 8.51. The molecule has 0 saturated carbocycles. The van der Waals surface area contributed by atoms with E-state index in [2.05, 4.69) is 16.0 Å². The maximum absolute atomic E-state index is 13.3. The van der Waals surface area contributed by atoms with Crippen LogP contribution in [0.1, 0.15) is 19.8 Å². The molecule has 0 unspecified atom stereocenters.